The first-order valence-corrected chi connectivity index (χ1v) is 13.1. The average molecular weight is 530 g/mol. The van der Waals surface area contributed by atoms with Crippen molar-refractivity contribution in [3.63, 3.8) is 0 Å². The molecule has 6 rings (SSSR count). The van der Waals surface area contributed by atoms with Crippen molar-refractivity contribution < 1.29 is 14.4 Å². The fraction of sp³-hybridized carbons (Fsp3) is 0.258. The second-order valence-corrected chi connectivity index (χ2v) is 11.9. The van der Waals surface area contributed by atoms with E-state index in [0.29, 0.717) is 21.2 Å². The summed E-state index contributed by atoms with van der Waals surface area (Å²) >= 11 is 12.6. The van der Waals surface area contributed by atoms with Gasteiger partial charge in [0.2, 0.25) is 0 Å². The third kappa shape index (κ3) is 3.25. The Morgan fingerprint density at radius 1 is 0.865 bits per heavy atom. The second kappa shape index (κ2) is 8.14. The fourth-order valence-corrected chi connectivity index (χ4v) is 6.74. The van der Waals surface area contributed by atoms with E-state index in [9.17, 15) is 14.4 Å². The summed E-state index contributed by atoms with van der Waals surface area (Å²) in [5, 5.41) is 1.11. The van der Waals surface area contributed by atoms with Crippen LogP contribution in [0.1, 0.15) is 58.5 Å². The van der Waals surface area contributed by atoms with Crippen LogP contribution in [0, 0.1) is 10.8 Å². The summed E-state index contributed by atoms with van der Waals surface area (Å²) in [5.41, 5.74) is 0.953. The number of fused-ring (bicyclic) bond motifs is 5. The van der Waals surface area contributed by atoms with Crippen molar-refractivity contribution in [2.24, 2.45) is 10.8 Å². The maximum Gasteiger partial charge on any atom is 0.180 e. The number of nitrogens with zero attached hydrogens (tertiary/aromatic N) is 1. The summed E-state index contributed by atoms with van der Waals surface area (Å²) in [4.78, 5) is 45.3. The molecular formula is C31H25Cl2NO3. The van der Waals surface area contributed by atoms with Crippen LogP contribution in [0.2, 0.25) is 10.0 Å². The lowest BCUT2D eigenvalue weighted by atomic mass is 9.63. The van der Waals surface area contributed by atoms with E-state index in [0.717, 1.165) is 16.8 Å². The van der Waals surface area contributed by atoms with Crippen molar-refractivity contribution in [3.05, 3.63) is 105 Å². The molecule has 6 heteroatoms. The Morgan fingerprint density at radius 2 is 1.46 bits per heavy atom. The lowest BCUT2D eigenvalue weighted by Crippen LogP contribution is -2.49. The predicted octanol–water partition coefficient (Wildman–Crippen LogP) is 7.04. The van der Waals surface area contributed by atoms with E-state index < -0.39 is 28.8 Å². The van der Waals surface area contributed by atoms with Gasteiger partial charge in [0, 0.05) is 38.2 Å². The number of ketones is 3. The molecule has 3 aromatic rings. The zero-order valence-corrected chi connectivity index (χ0v) is 22.2. The van der Waals surface area contributed by atoms with Gasteiger partial charge in [0.1, 0.15) is 5.41 Å². The molecule has 4 nitrogen and oxygen atoms in total. The minimum absolute atomic E-state index is 0.0397. The van der Waals surface area contributed by atoms with Crippen molar-refractivity contribution in [3.8, 4) is 0 Å². The minimum Gasteiger partial charge on any atom is -0.352 e. The molecule has 3 aliphatic rings. The highest BCUT2D eigenvalue weighted by atomic mass is 35.5. The van der Waals surface area contributed by atoms with Crippen molar-refractivity contribution >= 4 is 52.3 Å². The molecule has 1 spiro atoms. The Hall–Kier alpha value is -3.21. The molecule has 186 valence electrons. The van der Waals surface area contributed by atoms with E-state index in [2.05, 4.69) is 0 Å². The zero-order chi connectivity index (χ0) is 26.3. The number of benzene rings is 3. The topological polar surface area (TPSA) is 54.5 Å². The SMILES string of the molecule is CC(C)(C)C(=O)[C@@H]1[C@@H](c2ccc(Cl)cc2)C2(C(=O)c3ccccc3C2=O)[C@@H]2C=Cc3cc(Cl)ccc3N12. The molecule has 0 unspecified atom stereocenters. The standard InChI is InChI=1S/C31H25Cl2NO3/c1-30(2,3)29(37)26-25(17-8-11-19(32)12-9-17)31(27(35)21-6-4-5-7-22(21)28(31)36)24-15-10-18-16-20(33)13-14-23(18)34(24)26/h4-16,24-26H,1-3H3/t24-,25+,26-/m0/s1. The van der Waals surface area contributed by atoms with Crippen molar-refractivity contribution in [1.82, 2.24) is 0 Å². The summed E-state index contributed by atoms with van der Waals surface area (Å²) in [6.45, 7) is 5.64. The number of carbonyl (C=O) groups is 3. The highest BCUT2D eigenvalue weighted by Crippen LogP contribution is 2.61. The highest BCUT2D eigenvalue weighted by molar-refractivity contribution is 6.33. The number of hydrogen-bond donors (Lipinski definition) is 0. The normalized spacial score (nSPS) is 23.3. The van der Waals surface area contributed by atoms with Crippen LogP contribution in [-0.4, -0.2) is 29.4 Å². The van der Waals surface area contributed by atoms with Gasteiger partial charge in [-0.15, -0.1) is 0 Å². The van der Waals surface area contributed by atoms with Gasteiger partial charge in [-0.05, 0) is 41.5 Å². The first kappa shape index (κ1) is 24.1. The first-order valence-electron chi connectivity index (χ1n) is 12.3. The molecule has 2 heterocycles. The Labute approximate surface area is 225 Å². The first-order chi connectivity index (χ1) is 17.6. The van der Waals surface area contributed by atoms with Crippen LogP contribution in [0.15, 0.2) is 72.8 Å². The maximum atomic E-state index is 14.5. The van der Waals surface area contributed by atoms with Crippen LogP contribution in [0.25, 0.3) is 6.08 Å². The van der Waals surface area contributed by atoms with Crippen LogP contribution in [0.5, 0.6) is 0 Å². The number of carbonyl (C=O) groups excluding carboxylic acids is 3. The summed E-state index contributed by atoms with van der Waals surface area (Å²) in [5.74, 6) is -1.24. The van der Waals surface area contributed by atoms with E-state index in [-0.39, 0.29) is 17.3 Å². The van der Waals surface area contributed by atoms with E-state index in [1.807, 2.05) is 62.1 Å². The van der Waals surface area contributed by atoms with Gasteiger partial charge in [0.15, 0.2) is 17.3 Å². The molecule has 2 aliphatic heterocycles. The van der Waals surface area contributed by atoms with Crippen LogP contribution >= 0.6 is 23.2 Å². The average Bonchev–Trinajstić information content (AvgIpc) is 3.29. The van der Waals surface area contributed by atoms with Crippen molar-refractivity contribution in [1.29, 1.82) is 0 Å². The Kier molecular flexibility index (Phi) is 5.31. The molecule has 37 heavy (non-hydrogen) atoms. The monoisotopic (exact) mass is 529 g/mol. The Bertz CT molecular complexity index is 1480. The summed E-state index contributed by atoms with van der Waals surface area (Å²) in [6.07, 6.45) is 3.82. The van der Waals surface area contributed by atoms with E-state index >= 15 is 0 Å². The molecule has 3 atom stereocenters. The van der Waals surface area contributed by atoms with Gasteiger partial charge >= 0.3 is 0 Å². The molecule has 0 amide bonds. The zero-order valence-electron chi connectivity index (χ0n) is 20.7. The highest BCUT2D eigenvalue weighted by Gasteiger charge is 2.71. The summed E-state index contributed by atoms with van der Waals surface area (Å²) < 4.78 is 0. The van der Waals surface area contributed by atoms with E-state index in [1.165, 1.54) is 0 Å². The molecule has 3 aromatic carbocycles. The molecule has 0 radical (unpaired) electrons. The molecule has 0 saturated carbocycles. The van der Waals surface area contributed by atoms with Gasteiger partial charge in [-0.2, -0.15) is 0 Å². The molecule has 0 bridgehead atoms. The van der Waals surface area contributed by atoms with Gasteiger partial charge in [-0.1, -0.05) is 92.5 Å². The number of halogens is 2. The van der Waals surface area contributed by atoms with Crippen molar-refractivity contribution in [2.75, 3.05) is 4.90 Å². The van der Waals surface area contributed by atoms with Crippen LogP contribution < -0.4 is 4.90 Å². The van der Waals surface area contributed by atoms with Crippen LogP contribution in [0.3, 0.4) is 0 Å². The Morgan fingerprint density at radius 3 is 2.05 bits per heavy atom. The lowest BCUT2D eigenvalue weighted by Gasteiger charge is -2.38. The van der Waals surface area contributed by atoms with E-state index in [1.54, 1.807) is 42.5 Å². The summed E-state index contributed by atoms with van der Waals surface area (Å²) in [6, 6.07) is 18.3. The molecule has 1 fully saturated rings. The maximum absolute atomic E-state index is 14.5. The number of Topliss-reactive ketones (excluding diaryl/α,β-unsaturated/α-hetero) is 3. The van der Waals surface area contributed by atoms with Crippen molar-refractivity contribution in [2.45, 2.75) is 38.8 Å². The molecule has 0 aromatic heterocycles. The van der Waals surface area contributed by atoms with Gasteiger partial charge in [0.25, 0.3) is 0 Å². The van der Waals surface area contributed by atoms with Gasteiger partial charge in [-0.25, -0.2) is 0 Å². The molecule has 1 saturated heterocycles. The van der Waals surface area contributed by atoms with Crippen LogP contribution in [0.4, 0.5) is 5.69 Å². The summed E-state index contributed by atoms with van der Waals surface area (Å²) in [7, 11) is 0. The second-order valence-electron chi connectivity index (χ2n) is 11.1. The number of hydrogen-bond acceptors (Lipinski definition) is 4. The third-order valence-electron chi connectivity index (χ3n) is 8.00. The molecule has 1 aliphatic carbocycles. The van der Waals surface area contributed by atoms with Gasteiger partial charge < -0.3 is 4.90 Å². The smallest absolute Gasteiger partial charge is 0.180 e. The quantitative estimate of drug-likeness (QED) is 0.334. The number of rotatable bonds is 2. The van der Waals surface area contributed by atoms with Gasteiger partial charge in [-0.3, -0.25) is 14.4 Å². The largest absolute Gasteiger partial charge is 0.352 e. The van der Waals surface area contributed by atoms with Gasteiger partial charge in [0.05, 0.1) is 12.1 Å². The predicted molar refractivity (Wildman–Crippen MR) is 147 cm³/mol. The molecule has 0 N–H and O–H groups in total. The van der Waals surface area contributed by atoms with Crippen LogP contribution in [-0.2, 0) is 4.79 Å². The number of anilines is 1. The minimum atomic E-state index is -1.50. The molecular weight excluding hydrogens is 505 g/mol. The lowest BCUT2D eigenvalue weighted by molar-refractivity contribution is -0.127. The third-order valence-corrected chi connectivity index (χ3v) is 8.49. The van der Waals surface area contributed by atoms with E-state index in [4.69, 9.17) is 23.2 Å². The fourth-order valence-electron chi connectivity index (χ4n) is 6.43. The Balaban J connectivity index is 1.70.